The van der Waals surface area contributed by atoms with E-state index in [1.54, 1.807) is 24.3 Å². The molecule has 2 unspecified atom stereocenters. The van der Waals surface area contributed by atoms with Crippen LogP contribution in [-0.4, -0.2) is 58.4 Å². The lowest BCUT2D eigenvalue weighted by molar-refractivity contribution is -0.124. The molecule has 2 aromatic carbocycles. The lowest BCUT2D eigenvalue weighted by Crippen LogP contribution is -2.62. The van der Waals surface area contributed by atoms with Crippen molar-refractivity contribution in [3.05, 3.63) is 71.4 Å². The van der Waals surface area contributed by atoms with Gasteiger partial charge in [0.05, 0.1) is 11.6 Å². The summed E-state index contributed by atoms with van der Waals surface area (Å²) in [4.78, 5) is 44.2. The van der Waals surface area contributed by atoms with Crippen molar-refractivity contribution in [2.24, 2.45) is 0 Å². The zero-order valence-corrected chi connectivity index (χ0v) is 20.5. The molecule has 9 nitrogen and oxygen atoms in total. The van der Waals surface area contributed by atoms with Gasteiger partial charge in [0.1, 0.15) is 12.4 Å². The number of nitrogens with zero attached hydrogens (tertiary/aromatic N) is 2. The number of hydrogen-bond acceptors (Lipinski definition) is 6. The SMILES string of the molecule is Cc1cc(COc2ccc(C(=O)NC3CN(C(C)C)CC34NC(=O)NC4=O)cc2)c2ccccc2n1. The highest BCUT2D eigenvalue weighted by atomic mass is 16.5. The summed E-state index contributed by atoms with van der Waals surface area (Å²) in [6, 6.07) is 15.9. The number of carbonyl (C=O) groups excluding carboxylic acids is 3. The zero-order chi connectivity index (χ0) is 25.4. The van der Waals surface area contributed by atoms with E-state index in [1.807, 2.05) is 51.1 Å². The molecule has 2 saturated heterocycles. The standard InChI is InChI=1S/C27H29N5O4/c1-16(2)32-13-23(27(15-32)25(34)30-26(35)31-27)29-24(33)18-8-10-20(11-9-18)36-14-19-12-17(3)28-22-7-5-4-6-21(19)22/h4-12,16,23H,13-15H2,1-3H3,(H,29,33)(H2,30,31,34,35). The highest BCUT2D eigenvalue weighted by Gasteiger charge is 2.58. The van der Waals surface area contributed by atoms with Gasteiger partial charge >= 0.3 is 6.03 Å². The minimum Gasteiger partial charge on any atom is -0.489 e. The van der Waals surface area contributed by atoms with Gasteiger partial charge < -0.3 is 15.4 Å². The molecule has 3 aromatic rings. The fraction of sp³-hybridized carbons (Fsp3) is 0.333. The first-order chi connectivity index (χ1) is 17.2. The maximum atomic E-state index is 13.1. The first-order valence-electron chi connectivity index (χ1n) is 12.0. The summed E-state index contributed by atoms with van der Waals surface area (Å²) in [7, 11) is 0. The van der Waals surface area contributed by atoms with Crippen LogP contribution in [0.1, 0.15) is 35.5 Å². The van der Waals surface area contributed by atoms with Crippen LogP contribution < -0.4 is 20.7 Å². The zero-order valence-electron chi connectivity index (χ0n) is 20.5. The maximum Gasteiger partial charge on any atom is 0.322 e. The van der Waals surface area contributed by atoms with E-state index in [-0.39, 0.29) is 11.9 Å². The second kappa shape index (κ2) is 9.23. The molecule has 0 saturated carbocycles. The number of carbonyl (C=O) groups is 3. The van der Waals surface area contributed by atoms with E-state index in [1.165, 1.54) is 0 Å². The summed E-state index contributed by atoms with van der Waals surface area (Å²) in [5.74, 6) is -0.0966. The molecule has 3 heterocycles. The van der Waals surface area contributed by atoms with Crippen molar-refractivity contribution in [3.63, 3.8) is 0 Å². The Morgan fingerprint density at radius 2 is 1.94 bits per heavy atom. The molecule has 5 rings (SSSR count). The monoisotopic (exact) mass is 487 g/mol. The predicted octanol–water partition coefficient (Wildman–Crippen LogP) is 2.52. The number of amides is 4. The number of pyridine rings is 1. The van der Waals surface area contributed by atoms with Gasteiger partial charge in [-0.05, 0) is 57.2 Å². The molecule has 186 valence electrons. The topological polar surface area (TPSA) is 113 Å². The molecule has 36 heavy (non-hydrogen) atoms. The average Bonchev–Trinajstić information content (AvgIpc) is 3.36. The summed E-state index contributed by atoms with van der Waals surface area (Å²) >= 11 is 0. The fourth-order valence-electron chi connectivity index (χ4n) is 4.93. The molecule has 2 aliphatic rings. The van der Waals surface area contributed by atoms with Gasteiger partial charge in [-0.3, -0.25) is 24.8 Å². The van der Waals surface area contributed by atoms with Crippen LogP contribution in [0.25, 0.3) is 10.9 Å². The van der Waals surface area contributed by atoms with Crippen LogP contribution in [0, 0.1) is 6.92 Å². The number of rotatable bonds is 6. The summed E-state index contributed by atoms with van der Waals surface area (Å²) in [6.07, 6.45) is 0. The molecule has 1 spiro atoms. The molecule has 3 N–H and O–H groups in total. The predicted molar refractivity (Wildman–Crippen MR) is 135 cm³/mol. The van der Waals surface area contributed by atoms with Crippen LogP contribution in [0.4, 0.5) is 4.79 Å². The van der Waals surface area contributed by atoms with Crippen molar-refractivity contribution in [1.29, 1.82) is 0 Å². The molecule has 0 aliphatic carbocycles. The van der Waals surface area contributed by atoms with Crippen LogP contribution in [0.2, 0.25) is 0 Å². The van der Waals surface area contributed by atoms with Crippen molar-refractivity contribution in [3.8, 4) is 5.75 Å². The van der Waals surface area contributed by atoms with Gasteiger partial charge in [0.25, 0.3) is 11.8 Å². The van der Waals surface area contributed by atoms with Crippen LogP contribution in [0.5, 0.6) is 5.75 Å². The molecule has 2 atom stereocenters. The van der Waals surface area contributed by atoms with E-state index in [0.717, 1.165) is 22.2 Å². The third kappa shape index (κ3) is 4.37. The Hall–Kier alpha value is -3.98. The van der Waals surface area contributed by atoms with Crippen molar-refractivity contribution >= 4 is 28.7 Å². The van der Waals surface area contributed by atoms with E-state index in [2.05, 4.69) is 25.8 Å². The summed E-state index contributed by atoms with van der Waals surface area (Å²) in [6.45, 7) is 7.15. The fourth-order valence-corrected chi connectivity index (χ4v) is 4.93. The largest absolute Gasteiger partial charge is 0.489 e. The van der Waals surface area contributed by atoms with Gasteiger partial charge in [0, 0.05) is 41.3 Å². The highest BCUT2D eigenvalue weighted by molar-refractivity contribution is 6.08. The Labute approximate surface area is 209 Å². The summed E-state index contributed by atoms with van der Waals surface area (Å²) < 4.78 is 6.00. The summed E-state index contributed by atoms with van der Waals surface area (Å²) in [5, 5.41) is 9.07. The van der Waals surface area contributed by atoms with Crippen molar-refractivity contribution in [2.45, 2.75) is 45.0 Å². The number of hydrogen-bond donors (Lipinski definition) is 3. The molecule has 9 heteroatoms. The molecular weight excluding hydrogens is 458 g/mol. The number of para-hydroxylation sites is 1. The number of likely N-dealkylation sites (tertiary alicyclic amines) is 1. The van der Waals surface area contributed by atoms with E-state index < -0.39 is 23.5 Å². The molecule has 4 amide bonds. The Kier molecular flexibility index (Phi) is 6.09. The molecule has 1 aromatic heterocycles. The quantitative estimate of drug-likeness (QED) is 0.461. The van der Waals surface area contributed by atoms with Crippen LogP contribution in [-0.2, 0) is 11.4 Å². The smallest absolute Gasteiger partial charge is 0.322 e. The van der Waals surface area contributed by atoms with E-state index in [0.29, 0.717) is 31.0 Å². The Morgan fingerprint density at radius 3 is 2.64 bits per heavy atom. The lowest BCUT2D eigenvalue weighted by Gasteiger charge is -2.27. The van der Waals surface area contributed by atoms with Crippen molar-refractivity contribution < 1.29 is 19.1 Å². The van der Waals surface area contributed by atoms with E-state index >= 15 is 0 Å². The normalized spacial score (nSPS) is 21.7. The molecule has 2 aliphatic heterocycles. The number of imide groups is 1. The Balaban J connectivity index is 1.27. The third-order valence-electron chi connectivity index (χ3n) is 6.91. The Bertz CT molecular complexity index is 1340. The first-order valence-corrected chi connectivity index (χ1v) is 12.0. The maximum absolute atomic E-state index is 13.1. The van der Waals surface area contributed by atoms with Gasteiger partial charge in [0.15, 0.2) is 5.54 Å². The van der Waals surface area contributed by atoms with Gasteiger partial charge in [-0.15, -0.1) is 0 Å². The van der Waals surface area contributed by atoms with Gasteiger partial charge in [0.2, 0.25) is 0 Å². The van der Waals surface area contributed by atoms with Crippen LogP contribution >= 0.6 is 0 Å². The lowest BCUT2D eigenvalue weighted by atomic mass is 9.93. The second-order valence-electron chi connectivity index (χ2n) is 9.68. The number of aryl methyl sites for hydroxylation is 1. The highest BCUT2D eigenvalue weighted by Crippen LogP contribution is 2.27. The Morgan fingerprint density at radius 1 is 1.19 bits per heavy atom. The molecule has 2 fully saturated rings. The van der Waals surface area contributed by atoms with Gasteiger partial charge in [-0.1, -0.05) is 18.2 Å². The number of ether oxygens (including phenoxy) is 1. The average molecular weight is 488 g/mol. The van der Waals surface area contributed by atoms with E-state index in [4.69, 9.17) is 4.74 Å². The first kappa shape index (κ1) is 23.7. The number of nitrogens with one attached hydrogen (secondary N) is 3. The number of aromatic nitrogens is 1. The van der Waals surface area contributed by atoms with Crippen molar-refractivity contribution in [1.82, 2.24) is 25.8 Å². The minimum atomic E-state index is -1.18. The van der Waals surface area contributed by atoms with Gasteiger partial charge in [-0.25, -0.2) is 4.79 Å². The van der Waals surface area contributed by atoms with Crippen LogP contribution in [0.15, 0.2) is 54.6 Å². The van der Waals surface area contributed by atoms with Gasteiger partial charge in [-0.2, -0.15) is 0 Å². The number of urea groups is 1. The number of fused-ring (bicyclic) bond motifs is 1. The molecular formula is C27H29N5O4. The van der Waals surface area contributed by atoms with Crippen molar-refractivity contribution in [2.75, 3.05) is 13.1 Å². The third-order valence-corrected chi connectivity index (χ3v) is 6.91. The van der Waals surface area contributed by atoms with E-state index in [9.17, 15) is 14.4 Å². The summed E-state index contributed by atoms with van der Waals surface area (Å²) in [5.41, 5.74) is 2.16. The molecule has 0 radical (unpaired) electrons. The van der Waals surface area contributed by atoms with Crippen LogP contribution in [0.3, 0.4) is 0 Å². The number of benzene rings is 2. The molecule has 0 bridgehead atoms. The minimum absolute atomic E-state index is 0.159. The second-order valence-corrected chi connectivity index (χ2v) is 9.68.